The van der Waals surface area contributed by atoms with Crippen LogP contribution in [0.1, 0.15) is 46.6 Å². The molecular weight excluding hydrogens is 264 g/mol. The molecule has 0 aliphatic carbocycles. The fraction of sp³-hybridized carbons (Fsp3) is 0.588. The Hall–Kier alpha value is -1.55. The number of amides is 1. The van der Waals surface area contributed by atoms with E-state index in [0.717, 1.165) is 12.0 Å². The highest BCUT2D eigenvalue weighted by molar-refractivity contribution is 5.78. The molecule has 0 unspecified atom stereocenters. The van der Waals surface area contributed by atoms with Crippen LogP contribution in [0.15, 0.2) is 24.3 Å². The zero-order valence-electron chi connectivity index (χ0n) is 13.8. The molecule has 1 aromatic rings. The van der Waals surface area contributed by atoms with Crippen molar-refractivity contribution in [2.75, 3.05) is 6.61 Å². The van der Waals surface area contributed by atoms with E-state index in [4.69, 9.17) is 10.5 Å². The Labute approximate surface area is 128 Å². The van der Waals surface area contributed by atoms with Crippen LogP contribution < -0.4 is 15.8 Å². The molecule has 1 rings (SSSR count). The number of carbonyl (C=O) groups excluding carboxylic acids is 1. The van der Waals surface area contributed by atoms with E-state index >= 15 is 0 Å². The minimum atomic E-state index is -0.258. The highest BCUT2D eigenvalue weighted by atomic mass is 16.5. The highest BCUT2D eigenvalue weighted by Gasteiger charge is 2.27. The van der Waals surface area contributed by atoms with Gasteiger partial charge < -0.3 is 15.8 Å². The first-order chi connectivity index (χ1) is 9.63. The van der Waals surface area contributed by atoms with Crippen LogP contribution in [0.2, 0.25) is 0 Å². The molecule has 4 nitrogen and oxygen atoms in total. The van der Waals surface area contributed by atoms with E-state index < -0.39 is 0 Å². The maximum Gasteiger partial charge on any atom is 0.258 e. The Balaban J connectivity index is 2.54. The molecule has 0 saturated carbocycles. The van der Waals surface area contributed by atoms with Crippen molar-refractivity contribution in [2.45, 2.75) is 53.1 Å². The molecule has 0 bridgehead atoms. The minimum absolute atomic E-state index is 0.00455. The van der Waals surface area contributed by atoms with Crippen LogP contribution in [0.5, 0.6) is 5.75 Å². The number of ether oxygens (including phenoxy) is 1. The lowest BCUT2D eigenvalue weighted by Crippen LogP contribution is -2.47. The van der Waals surface area contributed by atoms with Crippen LogP contribution in [0.4, 0.5) is 0 Å². The summed E-state index contributed by atoms with van der Waals surface area (Å²) in [4.78, 5) is 12.1. The number of carbonyl (C=O) groups is 1. The average Bonchev–Trinajstić information content (AvgIpc) is 2.33. The molecule has 0 fully saturated rings. The van der Waals surface area contributed by atoms with Gasteiger partial charge in [0, 0.05) is 17.6 Å². The number of nitrogens with one attached hydrogen (secondary N) is 1. The standard InChI is InChI=1S/C17H28N2O2/c1-16(2,3)12-17(4,5)19-15(20)11-21-14-9-7-6-8-13(14)10-18/h6-9H,10-12,18H2,1-5H3,(H,19,20). The number of rotatable bonds is 6. The third kappa shape index (κ3) is 6.63. The first kappa shape index (κ1) is 17.5. The van der Waals surface area contributed by atoms with Gasteiger partial charge in [-0.3, -0.25) is 4.79 Å². The molecule has 21 heavy (non-hydrogen) atoms. The fourth-order valence-corrected chi connectivity index (χ4v) is 2.74. The minimum Gasteiger partial charge on any atom is -0.483 e. The number of hydrogen-bond donors (Lipinski definition) is 2. The summed E-state index contributed by atoms with van der Waals surface area (Å²) in [5.41, 5.74) is 6.45. The van der Waals surface area contributed by atoms with Crippen LogP contribution in [0.25, 0.3) is 0 Å². The Kier molecular flexibility index (Phi) is 5.78. The van der Waals surface area contributed by atoms with Gasteiger partial charge in [0.1, 0.15) is 5.75 Å². The third-order valence-electron chi connectivity index (χ3n) is 3.00. The number of nitrogens with two attached hydrogens (primary N) is 1. The van der Waals surface area contributed by atoms with Gasteiger partial charge >= 0.3 is 0 Å². The Morgan fingerprint density at radius 1 is 1.19 bits per heavy atom. The zero-order valence-corrected chi connectivity index (χ0v) is 13.8. The van der Waals surface area contributed by atoms with Crippen molar-refractivity contribution in [3.05, 3.63) is 29.8 Å². The Morgan fingerprint density at radius 3 is 2.38 bits per heavy atom. The maximum atomic E-state index is 12.1. The van der Waals surface area contributed by atoms with E-state index in [9.17, 15) is 4.79 Å². The molecule has 0 aromatic heterocycles. The van der Waals surface area contributed by atoms with E-state index in [0.29, 0.717) is 12.3 Å². The van der Waals surface area contributed by atoms with Crippen LogP contribution in [0.3, 0.4) is 0 Å². The zero-order chi connectivity index (χ0) is 16.1. The predicted octanol–water partition coefficient (Wildman–Crippen LogP) is 2.86. The second-order valence-electron chi connectivity index (χ2n) is 7.27. The molecule has 4 heteroatoms. The topological polar surface area (TPSA) is 64.3 Å². The second-order valence-corrected chi connectivity index (χ2v) is 7.27. The Morgan fingerprint density at radius 2 is 1.81 bits per heavy atom. The summed E-state index contributed by atoms with van der Waals surface area (Å²) >= 11 is 0. The van der Waals surface area contributed by atoms with Crippen molar-refractivity contribution in [1.82, 2.24) is 5.32 Å². The largest absolute Gasteiger partial charge is 0.483 e. The molecule has 0 spiro atoms. The summed E-state index contributed by atoms with van der Waals surface area (Å²) in [5.74, 6) is 0.555. The van der Waals surface area contributed by atoms with Gasteiger partial charge in [0.15, 0.2) is 6.61 Å². The molecule has 0 saturated heterocycles. The molecule has 1 amide bonds. The lowest BCUT2D eigenvalue weighted by Gasteiger charge is -2.33. The molecule has 0 aliphatic rings. The summed E-state index contributed by atoms with van der Waals surface area (Å²) in [6.45, 7) is 10.9. The molecular formula is C17H28N2O2. The third-order valence-corrected chi connectivity index (χ3v) is 3.00. The first-order valence-electron chi connectivity index (χ1n) is 7.35. The van der Waals surface area contributed by atoms with Gasteiger partial charge in [-0.15, -0.1) is 0 Å². The van der Waals surface area contributed by atoms with Crippen molar-refractivity contribution in [2.24, 2.45) is 11.1 Å². The predicted molar refractivity (Wildman–Crippen MR) is 86.1 cm³/mol. The van der Waals surface area contributed by atoms with Crippen molar-refractivity contribution >= 4 is 5.91 Å². The van der Waals surface area contributed by atoms with Crippen LogP contribution in [0, 0.1) is 5.41 Å². The fourth-order valence-electron chi connectivity index (χ4n) is 2.74. The lowest BCUT2D eigenvalue weighted by atomic mass is 9.82. The highest BCUT2D eigenvalue weighted by Crippen LogP contribution is 2.26. The van der Waals surface area contributed by atoms with E-state index in [1.165, 1.54) is 0 Å². The van der Waals surface area contributed by atoms with Gasteiger partial charge in [-0.25, -0.2) is 0 Å². The quantitative estimate of drug-likeness (QED) is 0.847. The Bertz CT molecular complexity index is 476. The number of para-hydroxylation sites is 1. The van der Waals surface area contributed by atoms with Gasteiger partial charge in [0.25, 0.3) is 5.91 Å². The van der Waals surface area contributed by atoms with Crippen molar-refractivity contribution in [3.63, 3.8) is 0 Å². The molecule has 0 heterocycles. The number of hydrogen-bond acceptors (Lipinski definition) is 3. The average molecular weight is 292 g/mol. The maximum absolute atomic E-state index is 12.1. The van der Waals surface area contributed by atoms with E-state index in [1.807, 2.05) is 38.1 Å². The van der Waals surface area contributed by atoms with Gasteiger partial charge in [-0.1, -0.05) is 39.0 Å². The molecule has 0 atom stereocenters. The molecule has 1 aromatic carbocycles. The monoisotopic (exact) mass is 292 g/mol. The smallest absolute Gasteiger partial charge is 0.258 e. The van der Waals surface area contributed by atoms with E-state index in [1.54, 1.807) is 0 Å². The van der Waals surface area contributed by atoms with Crippen molar-refractivity contribution in [3.8, 4) is 5.75 Å². The van der Waals surface area contributed by atoms with Crippen LogP contribution >= 0.6 is 0 Å². The summed E-state index contributed by atoms with van der Waals surface area (Å²) in [5, 5.41) is 3.03. The second kappa shape index (κ2) is 6.94. The van der Waals surface area contributed by atoms with E-state index in [-0.39, 0.29) is 23.5 Å². The first-order valence-corrected chi connectivity index (χ1v) is 7.35. The normalized spacial score (nSPS) is 12.1. The summed E-state index contributed by atoms with van der Waals surface area (Å²) < 4.78 is 5.57. The summed E-state index contributed by atoms with van der Waals surface area (Å²) in [7, 11) is 0. The van der Waals surface area contributed by atoms with Crippen LogP contribution in [-0.4, -0.2) is 18.1 Å². The van der Waals surface area contributed by atoms with Gasteiger partial charge in [0.2, 0.25) is 0 Å². The van der Waals surface area contributed by atoms with Crippen molar-refractivity contribution in [1.29, 1.82) is 0 Å². The van der Waals surface area contributed by atoms with E-state index in [2.05, 4.69) is 26.1 Å². The molecule has 3 N–H and O–H groups in total. The summed E-state index contributed by atoms with van der Waals surface area (Å²) in [6, 6.07) is 7.50. The summed E-state index contributed by atoms with van der Waals surface area (Å²) in [6.07, 6.45) is 0.894. The SMILES string of the molecule is CC(C)(C)CC(C)(C)NC(=O)COc1ccccc1CN. The molecule has 0 radical (unpaired) electrons. The van der Waals surface area contributed by atoms with Gasteiger partial charge in [-0.2, -0.15) is 0 Å². The lowest BCUT2D eigenvalue weighted by molar-refractivity contribution is -0.125. The van der Waals surface area contributed by atoms with Crippen molar-refractivity contribution < 1.29 is 9.53 Å². The van der Waals surface area contributed by atoms with Gasteiger partial charge in [0.05, 0.1) is 0 Å². The number of benzene rings is 1. The molecule has 0 aliphatic heterocycles. The molecule has 118 valence electrons. The van der Waals surface area contributed by atoms with Gasteiger partial charge in [-0.05, 0) is 31.7 Å². The van der Waals surface area contributed by atoms with Crippen LogP contribution in [-0.2, 0) is 11.3 Å².